The van der Waals surface area contributed by atoms with E-state index >= 15 is 0 Å². The van der Waals surface area contributed by atoms with Crippen LogP contribution in [0.15, 0.2) is 36.5 Å². The van der Waals surface area contributed by atoms with Crippen LogP contribution in [0.5, 0.6) is 0 Å². The monoisotopic (exact) mass is 224 g/mol. The van der Waals surface area contributed by atoms with Crippen LogP contribution in [-0.2, 0) is 7.05 Å². The van der Waals surface area contributed by atoms with Crippen molar-refractivity contribution < 1.29 is 0 Å². The van der Waals surface area contributed by atoms with Crippen molar-refractivity contribution in [2.75, 3.05) is 0 Å². The van der Waals surface area contributed by atoms with Crippen LogP contribution in [0.4, 0.5) is 0 Å². The third-order valence-corrected chi connectivity index (χ3v) is 3.39. The van der Waals surface area contributed by atoms with Crippen molar-refractivity contribution in [2.45, 2.75) is 19.8 Å². The maximum Gasteiger partial charge on any atom is 0.0710 e. The number of hydrogen-bond acceptors (Lipinski definition) is 1. The second kappa shape index (κ2) is 3.59. The third kappa shape index (κ3) is 1.37. The van der Waals surface area contributed by atoms with E-state index < -0.39 is 0 Å². The summed E-state index contributed by atoms with van der Waals surface area (Å²) in [6.45, 7) is 4.39. The molecule has 0 spiro atoms. The first-order chi connectivity index (χ1) is 8.20. The topological polar surface area (TPSA) is 17.8 Å². The van der Waals surface area contributed by atoms with Crippen LogP contribution in [0.1, 0.15) is 25.5 Å². The molecule has 0 aliphatic rings. The molecule has 2 aromatic heterocycles. The van der Waals surface area contributed by atoms with Crippen LogP contribution in [0.25, 0.3) is 21.8 Å². The zero-order valence-electron chi connectivity index (χ0n) is 10.4. The average Bonchev–Trinajstić information content (AvgIpc) is 2.64. The molecule has 0 saturated heterocycles. The van der Waals surface area contributed by atoms with Gasteiger partial charge in [0.1, 0.15) is 0 Å². The highest BCUT2D eigenvalue weighted by molar-refractivity contribution is 6.08. The molecular weight excluding hydrogens is 208 g/mol. The van der Waals surface area contributed by atoms with Crippen molar-refractivity contribution in [2.24, 2.45) is 7.05 Å². The van der Waals surface area contributed by atoms with E-state index in [9.17, 15) is 0 Å². The minimum absolute atomic E-state index is 0.446. The van der Waals surface area contributed by atoms with Gasteiger partial charge in [0.25, 0.3) is 0 Å². The van der Waals surface area contributed by atoms with Crippen molar-refractivity contribution in [3.05, 3.63) is 42.2 Å². The molecule has 0 radical (unpaired) electrons. The Hall–Kier alpha value is -1.83. The molecule has 86 valence electrons. The van der Waals surface area contributed by atoms with Gasteiger partial charge in [0.2, 0.25) is 0 Å². The molecule has 0 unspecified atom stereocenters. The number of aryl methyl sites for hydroxylation is 1. The van der Waals surface area contributed by atoms with E-state index in [0.29, 0.717) is 5.92 Å². The van der Waals surface area contributed by atoms with E-state index in [0.717, 1.165) is 0 Å². The van der Waals surface area contributed by atoms with Crippen molar-refractivity contribution in [3.63, 3.8) is 0 Å². The Balaban J connectivity index is 2.57. The van der Waals surface area contributed by atoms with Gasteiger partial charge in [-0.15, -0.1) is 0 Å². The molecule has 2 nitrogen and oxygen atoms in total. The average molecular weight is 224 g/mol. The molecule has 0 aliphatic heterocycles. The first-order valence-corrected chi connectivity index (χ1v) is 6.02. The zero-order valence-corrected chi connectivity index (χ0v) is 10.4. The number of fused-ring (bicyclic) bond motifs is 3. The van der Waals surface area contributed by atoms with Gasteiger partial charge in [-0.05, 0) is 18.1 Å². The highest BCUT2D eigenvalue weighted by Crippen LogP contribution is 2.31. The third-order valence-electron chi connectivity index (χ3n) is 3.39. The molecule has 0 atom stereocenters. The second-order valence-electron chi connectivity index (χ2n) is 4.82. The van der Waals surface area contributed by atoms with Crippen LogP contribution in [0.2, 0.25) is 0 Å². The number of hydrogen-bond donors (Lipinski definition) is 0. The van der Waals surface area contributed by atoms with Crippen molar-refractivity contribution in [1.82, 2.24) is 9.55 Å². The Morgan fingerprint density at radius 1 is 1.06 bits per heavy atom. The molecule has 0 N–H and O–H groups in total. The first-order valence-electron chi connectivity index (χ1n) is 6.02. The molecular formula is C15H16N2. The highest BCUT2D eigenvalue weighted by Gasteiger charge is 2.13. The Morgan fingerprint density at radius 2 is 1.82 bits per heavy atom. The minimum Gasteiger partial charge on any atom is -0.342 e. The molecule has 0 amide bonds. The van der Waals surface area contributed by atoms with E-state index in [2.05, 4.69) is 60.8 Å². The van der Waals surface area contributed by atoms with Gasteiger partial charge in [0, 0.05) is 29.5 Å². The predicted octanol–water partition coefficient (Wildman–Crippen LogP) is 3.85. The Morgan fingerprint density at radius 3 is 2.59 bits per heavy atom. The lowest BCUT2D eigenvalue weighted by molar-refractivity contribution is 0.821. The molecule has 0 aliphatic carbocycles. The summed E-state index contributed by atoms with van der Waals surface area (Å²) in [4.78, 5) is 4.54. The summed E-state index contributed by atoms with van der Waals surface area (Å²) >= 11 is 0. The minimum atomic E-state index is 0.446. The fourth-order valence-electron chi connectivity index (χ4n) is 2.58. The van der Waals surface area contributed by atoms with Gasteiger partial charge < -0.3 is 4.57 Å². The maximum absolute atomic E-state index is 4.54. The smallest absolute Gasteiger partial charge is 0.0710 e. The Bertz CT molecular complexity index is 693. The van der Waals surface area contributed by atoms with Gasteiger partial charge in [-0.1, -0.05) is 32.0 Å². The predicted molar refractivity (Wildman–Crippen MR) is 72.3 cm³/mol. The van der Waals surface area contributed by atoms with E-state index in [1.165, 1.54) is 27.5 Å². The normalized spacial score (nSPS) is 11.8. The summed E-state index contributed by atoms with van der Waals surface area (Å²) in [6, 6.07) is 10.6. The van der Waals surface area contributed by atoms with Gasteiger partial charge >= 0.3 is 0 Å². The van der Waals surface area contributed by atoms with Gasteiger partial charge in [-0.25, -0.2) is 0 Å². The van der Waals surface area contributed by atoms with E-state index in [-0.39, 0.29) is 0 Å². The van der Waals surface area contributed by atoms with Crippen LogP contribution in [-0.4, -0.2) is 9.55 Å². The van der Waals surface area contributed by atoms with E-state index in [4.69, 9.17) is 0 Å². The summed E-state index contributed by atoms with van der Waals surface area (Å²) in [6.07, 6.45) is 1.92. The Labute approximate surface area is 101 Å². The number of para-hydroxylation sites is 1. The fraction of sp³-hybridized carbons (Fsp3) is 0.267. The molecule has 3 rings (SSSR count). The van der Waals surface area contributed by atoms with Gasteiger partial charge in [-0.3, -0.25) is 4.98 Å². The van der Waals surface area contributed by atoms with Crippen LogP contribution in [0, 0.1) is 0 Å². The SMILES string of the molecule is CC(C)c1nccc2c3ccccc3n(C)c12. The largest absolute Gasteiger partial charge is 0.342 e. The molecule has 2 heterocycles. The number of aromatic nitrogens is 2. The van der Waals surface area contributed by atoms with Gasteiger partial charge in [0.05, 0.1) is 11.2 Å². The molecule has 3 aromatic rings. The summed E-state index contributed by atoms with van der Waals surface area (Å²) in [5, 5.41) is 2.62. The van der Waals surface area contributed by atoms with Crippen molar-refractivity contribution in [3.8, 4) is 0 Å². The summed E-state index contributed by atoms with van der Waals surface area (Å²) in [7, 11) is 2.12. The summed E-state index contributed by atoms with van der Waals surface area (Å²) in [5.74, 6) is 0.446. The number of pyridine rings is 1. The molecule has 17 heavy (non-hydrogen) atoms. The van der Waals surface area contributed by atoms with E-state index in [1.54, 1.807) is 0 Å². The fourth-order valence-corrected chi connectivity index (χ4v) is 2.58. The summed E-state index contributed by atoms with van der Waals surface area (Å²) < 4.78 is 2.26. The van der Waals surface area contributed by atoms with Crippen LogP contribution in [0.3, 0.4) is 0 Å². The highest BCUT2D eigenvalue weighted by atomic mass is 15.0. The maximum atomic E-state index is 4.54. The second-order valence-corrected chi connectivity index (χ2v) is 4.82. The van der Waals surface area contributed by atoms with E-state index in [1.807, 2.05) is 6.20 Å². The lowest BCUT2D eigenvalue weighted by atomic mass is 10.1. The van der Waals surface area contributed by atoms with Crippen molar-refractivity contribution in [1.29, 1.82) is 0 Å². The molecule has 0 fully saturated rings. The molecule has 1 aromatic carbocycles. The number of benzene rings is 1. The molecule has 0 bridgehead atoms. The number of nitrogens with zero attached hydrogens (tertiary/aromatic N) is 2. The van der Waals surface area contributed by atoms with Crippen LogP contribution >= 0.6 is 0 Å². The zero-order chi connectivity index (χ0) is 12.0. The van der Waals surface area contributed by atoms with Gasteiger partial charge in [0.15, 0.2) is 0 Å². The lowest BCUT2D eigenvalue weighted by Crippen LogP contribution is -1.97. The number of rotatable bonds is 1. The first kappa shape index (κ1) is 10.3. The van der Waals surface area contributed by atoms with Gasteiger partial charge in [-0.2, -0.15) is 0 Å². The lowest BCUT2D eigenvalue weighted by Gasteiger charge is -2.07. The summed E-state index contributed by atoms with van der Waals surface area (Å²) in [5.41, 5.74) is 3.72. The Kier molecular flexibility index (Phi) is 2.18. The quantitative estimate of drug-likeness (QED) is 0.614. The molecule has 2 heteroatoms. The molecule has 0 saturated carbocycles. The van der Waals surface area contributed by atoms with Crippen LogP contribution < -0.4 is 0 Å². The van der Waals surface area contributed by atoms with Crippen molar-refractivity contribution >= 4 is 21.8 Å². The standard InChI is InChI=1S/C15H16N2/c1-10(2)14-15-12(8-9-16-14)11-6-4-5-7-13(11)17(15)3/h4-10H,1-3H3.